The number of nitrogens with zero attached hydrogens (tertiary/aromatic N) is 2. The third-order valence-electron chi connectivity index (χ3n) is 3.69. The molecular weight excluding hydrogens is 357 g/mol. The molecule has 0 fully saturated rings. The van der Waals surface area contributed by atoms with Crippen molar-refractivity contribution in [3.8, 4) is 0 Å². The molecule has 0 unspecified atom stereocenters. The fourth-order valence-electron chi connectivity index (χ4n) is 2.24. The fraction of sp³-hybridized carbons (Fsp3) is 0.105. The van der Waals surface area contributed by atoms with Crippen LogP contribution in [0.1, 0.15) is 21.6 Å². The predicted octanol–water partition coefficient (Wildman–Crippen LogP) is 4.80. The topological polar surface area (TPSA) is 66.9 Å². The molecule has 0 aliphatic heterocycles. The molecule has 0 saturated heterocycles. The van der Waals surface area contributed by atoms with Gasteiger partial charge in [0, 0.05) is 11.4 Å². The highest BCUT2D eigenvalue weighted by atomic mass is 19.4. The summed E-state index contributed by atoms with van der Waals surface area (Å²) >= 11 is 0. The predicted molar refractivity (Wildman–Crippen MR) is 95.9 cm³/mol. The van der Waals surface area contributed by atoms with E-state index in [9.17, 15) is 18.0 Å². The number of amides is 1. The lowest BCUT2D eigenvalue weighted by Gasteiger charge is -2.09. The second-order valence-electron chi connectivity index (χ2n) is 5.82. The van der Waals surface area contributed by atoms with Gasteiger partial charge < -0.3 is 10.6 Å². The molecule has 0 saturated carbocycles. The summed E-state index contributed by atoms with van der Waals surface area (Å²) in [5, 5.41) is 13.3. The Morgan fingerprint density at radius 1 is 0.852 bits per heavy atom. The lowest BCUT2D eigenvalue weighted by atomic mass is 10.2. The monoisotopic (exact) mass is 372 g/mol. The van der Waals surface area contributed by atoms with Gasteiger partial charge in [-0.05, 0) is 55.5 Å². The molecule has 0 spiro atoms. The highest BCUT2D eigenvalue weighted by Gasteiger charge is 2.30. The summed E-state index contributed by atoms with van der Waals surface area (Å²) in [4.78, 5) is 12.1. The molecule has 0 atom stereocenters. The molecule has 138 valence electrons. The third kappa shape index (κ3) is 4.81. The van der Waals surface area contributed by atoms with Gasteiger partial charge in [-0.15, -0.1) is 10.2 Å². The standard InChI is InChI=1S/C19H15F3N4O/c1-12-2-6-14(7-3-12)23-17-11-10-16(25-26-17)18(27)24-15-8-4-13(5-9-15)19(20,21)22/h2-11H,1H3,(H,23,26)(H,24,27). The van der Waals surface area contributed by atoms with Gasteiger partial charge in [-0.2, -0.15) is 13.2 Å². The second kappa shape index (κ2) is 7.45. The summed E-state index contributed by atoms with van der Waals surface area (Å²) < 4.78 is 37.6. The van der Waals surface area contributed by atoms with E-state index in [4.69, 9.17) is 0 Å². The number of alkyl halides is 3. The van der Waals surface area contributed by atoms with Crippen molar-refractivity contribution in [1.29, 1.82) is 0 Å². The zero-order chi connectivity index (χ0) is 19.4. The summed E-state index contributed by atoms with van der Waals surface area (Å²) in [7, 11) is 0. The number of halogens is 3. The quantitative estimate of drug-likeness (QED) is 0.690. The van der Waals surface area contributed by atoms with Gasteiger partial charge in [0.15, 0.2) is 11.5 Å². The average molecular weight is 372 g/mol. The zero-order valence-corrected chi connectivity index (χ0v) is 14.2. The summed E-state index contributed by atoms with van der Waals surface area (Å²) in [6.07, 6.45) is -4.42. The molecule has 3 rings (SSSR count). The largest absolute Gasteiger partial charge is 0.416 e. The van der Waals surface area contributed by atoms with E-state index < -0.39 is 17.6 Å². The van der Waals surface area contributed by atoms with Crippen LogP contribution < -0.4 is 10.6 Å². The first kappa shape index (κ1) is 18.4. The van der Waals surface area contributed by atoms with Crippen LogP contribution in [0.4, 0.5) is 30.4 Å². The lowest BCUT2D eigenvalue weighted by molar-refractivity contribution is -0.137. The SMILES string of the molecule is Cc1ccc(Nc2ccc(C(=O)Nc3ccc(C(F)(F)F)cc3)nn2)cc1. The van der Waals surface area contributed by atoms with Crippen LogP contribution in [0.3, 0.4) is 0 Å². The van der Waals surface area contributed by atoms with Crippen molar-refractivity contribution in [1.82, 2.24) is 10.2 Å². The van der Waals surface area contributed by atoms with Gasteiger partial charge >= 0.3 is 6.18 Å². The zero-order valence-electron chi connectivity index (χ0n) is 14.2. The minimum Gasteiger partial charge on any atom is -0.339 e. The molecule has 27 heavy (non-hydrogen) atoms. The summed E-state index contributed by atoms with van der Waals surface area (Å²) in [5.74, 6) is -0.103. The number of hydrogen-bond acceptors (Lipinski definition) is 4. The van der Waals surface area contributed by atoms with Crippen LogP contribution in [0, 0.1) is 6.92 Å². The van der Waals surface area contributed by atoms with Gasteiger partial charge in [0.05, 0.1) is 5.56 Å². The van der Waals surface area contributed by atoms with E-state index in [-0.39, 0.29) is 11.4 Å². The van der Waals surface area contributed by atoms with Gasteiger partial charge in [0.1, 0.15) is 0 Å². The Bertz CT molecular complexity index is 921. The Hall–Kier alpha value is -3.42. The number of aryl methyl sites for hydroxylation is 1. The average Bonchev–Trinajstić information content (AvgIpc) is 2.64. The first-order valence-electron chi connectivity index (χ1n) is 7.97. The highest BCUT2D eigenvalue weighted by molar-refractivity contribution is 6.02. The molecule has 0 radical (unpaired) electrons. The number of rotatable bonds is 4. The Morgan fingerprint density at radius 2 is 1.48 bits per heavy atom. The smallest absolute Gasteiger partial charge is 0.339 e. The molecule has 1 aromatic heterocycles. The van der Waals surface area contributed by atoms with Gasteiger partial charge in [-0.3, -0.25) is 4.79 Å². The van der Waals surface area contributed by atoms with Gasteiger partial charge in [-0.25, -0.2) is 0 Å². The van der Waals surface area contributed by atoms with Crippen LogP contribution in [-0.2, 0) is 6.18 Å². The van der Waals surface area contributed by atoms with Crippen LogP contribution in [0.25, 0.3) is 0 Å². The van der Waals surface area contributed by atoms with E-state index in [1.165, 1.54) is 18.2 Å². The fourth-order valence-corrected chi connectivity index (χ4v) is 2.24. The molecule has 3 aromatic rings. The van der Waals surface area contributed by atoms with Crippen LogP contribution >= 0.6 is 0 Å². The van der Waals surface area contributed by atoms with E-state index >= 15 is 0 Å². The Morgan fingerprint density at radius 3 is 2.04 bits per heavy atom. The van der Waals surface area contributed by atoms with Crippen molar-refractivity contribution in [2.75, 3.05) is 10.6 Å². The molecule has 5 nitrogen and oxygen atoms in total. The van der Waals surface area contributed by atoms with E-state index in [0.29, 0.717) is 5.82 Å². The highest BCUT2D eigenvalue weighted by Crippen LogP contribution is 2.29. The summed E-state index contributed by atoms with van der Waals surface area (Å²) in [5.41, 5.74) is 1.45. The lowest BCUT2D eigenvalue weighted by Crippen LogP contribution is -2.15. The molecular formula is C19H15F3N4O. The molecule has 2 aromatic carbocycles. The first-order chi connectivity index (χ1) is 12.8. The summed E-state index contributed by atoms with van der Waals surface area (Å²) in [6.45, 7) is 1.98. The third-order valence-corrected chi connectivity index (χ3v) is 3.69. The number of carbonyl (C=O) groups excluding carboxylic acids is 1. The number of benzene rings is 2. The van der Waals surface area contributed by atoms with E-state index in [2.05, 4.69) is 20.8 Å². The molecule has 0 aliphatic rings. The molecule has 1 amide bonds. The van der Waals surface area contributed by atoms with Crippen molar-refractivity contribution >= 4 is 23.1 Å². The molecule has 0 bridgehead atoms. The minimum absolute atomic E-state index is 0.0457. The van der Waals surface area contributed by atoms with Crippen molar-refractivity contribution < 1.29 is 18.0 Å². The van der Waals surface area contributed by atoms with Crippen LogP contribution in [0.5, 0.6) is 0 Å². The van der Waals surface area contributed by atoms with Gasteiger partial charge in [-0.1, -0.05) is 17.7 Å². The number of nitrogens with one attached hydrogen (secondary N) is 2. The van der Waals surface area contributed by atoms with Gasteiger partial charge in [0.2, 0.25) is 0 Å². The molecule has 8 heteroatoms. The second-order valence-corrected chi connectivity index (χ2v) is 5.82. The maximum Gasteiger partial charge on any atom is 0.416 e. The van der Waals surface area contributed by atoms with Crippen molar-refractivity contribution in [2.24, 2.45) is 0 Å². The van der Waals surface area contributed by atoms with Crippen LogP contribution in [-0.4, -0.2) is 16.1 Å². The van der Waals surface area contributed by atoms with E-state index in [1.54, 1.807) is 6.07 Å². The Labute approximate surface area is 153 Å². The van der Waals surface area contributed by atoms with Crippen molar-refractivity contribution in [3.05, 3.63) is 77.5 Å². The Balaban J connectivity index is 1.64. The molecule has 1 heterocycles. The maximum atomic E-state index is 12.5. The molecule has 0 aliphatic carbocycles. The van der Waals surface area contributed by atoms with Crippen LogP contribution in [0.15, 0.2) is 60.7 Å². The Kier molecular flexibility index (Phi) is 5.07. The number of aromatic nitrogens is 2. The summed E-state index contributed by atoms with van der Waals surface area (Å²) in [6, 6.07) is 14.9. The normalized spacial score (nSPS) is 11.1. The van der Waals surface area contributed by atoms with E-state index in [0.717, 1.165) is 23.4 Å². The van der Waals surface area contributed by atoms with Crippen LogP contribution in [0.2, 0.25) is 0 Å². The maximum absolute atomic E-state index is 12.5. The van der Waals surface area contributed by atoms with Crippen molar-refractivity contribution in [3.63, 3.8) is 0 Å². The van der Waals surface area contributed by atoms with Gasteiger partial charge in [0.25, 0.3) is 5.91 Å². The number of hydrogen-bond donors (Lipinski definition) is 2. The number of carbonyl (C=O) groups is 1. The van der Waals surface area contributed by atoms with Crippen molar-refractivity contribution in [2.45, 2.75) is 13.1 Å². The molecule has 2 N–H and O–H groups in total. The van der Waals surface area contributed by atoms with E-state index in [1.807, 2.05) is 31.2 Å². The first-order valence-corrected chi connectivity index (χ1v) is 7.97. The number of anilines is 3. The minimum atomic E-state index is -4.42.